The van der Waals surface area contributed by atoms with E-state index >= 15 is 0 Å². The van der Waals surface area contributed by atoms with E-state index in [1.54, 1.807) is 12.1 Å². The summed E-state index contributed by atoms with van der Waals surface area (Å²) in [5.41, 5.74) is 1.92. The first kappa shape index (κ1) is 13.3. The second kappa shape index (κ2) is 5.02. The molecule has 0 unspecified atom stereocenters. The zero-order chi connectivity index (χ0) is 12.3. The van der Waals surface area contributed by atoms with Crippen LogP contribution in [0.4, 0.5) is 0 Å². The molecule has 0 spiro atoms. The van der Waals surface area contributed by atoms with E-state index in [4.69, 9.17) is 10.0 Å². The summed E-state index contributed by atoms with van der Waals surface area (Å²) in [6.07, 6.45) is 1.12. The average Bonchev–Trinajstić information content (AvgIpc) is 2.16. The molecule has 0 atom stereocenters. The second-order valence-corrected chi connectivity index (χ2v) is 5.48. The Morgan fingerprint density at radius 3 is 2.00 bits per heavy atom. The summed E-state index contributed by atoms with van der Waals surface area (Å²) in [5, 5.41) is 18.0. The van der Waals surface area contributed by atoms with Gasteiger partial charge in [-0.3, -0.25) is 0 Å². The fourth-order valence-corrected chi connectivity index (χ4v) is 2.24. The highest BCUT2D eigenvalue weighted by Crippen LogP contribution is 2.29. The predicted molar refractivity (Wildman–Crippen MR) is 68.7 cm³/mol. The fraction of sp³-hybridized carbons (Fsp3) is 0.538. The molecule has 0 saturated heterocycles. The highest BCUT2D eigenvalue weighted by molar-refractivity contribution is 6.58. The number of rotatable bonds is 4. The van der Waals surface area contributed by atoms with Gasteiger partial charge in [0.15, 0.2) is 0 Å². The van der Waals surface area contributed by atoms with Crippen LogP contribution in [-0.2, 0) is 5.41 Å². The molecule has 0 aliphatic carbocycles. The van der Waals surface area contributed by atoms with Crippen molar-refractivity contribution >= 4 is 12.6 Å². The number of hydrogen-bond donors (Lipinski definition) is 2. The van der Waals surface area contributed by atoms with Crippen LogP contribution in [0.25, 0.3) is 0 Å². The minimum Gasteiger partial charge on any atom is -0.423 e. The van der Waals surface area contributed by atoms with Crippen molar-refractivity contribution in [2.75, 3.05) is 0 Å². The Morgan fingerprint density at radius 1 is 1.12 bits per heavy atom. The Hall–Kier alpha value is -0.795. The van der Waals surface area contributed by atoms with Gasteiger partial charge in [-0.25, -0.2) is 0 Å². The van der Waals surface area contributed by atoms with Crippen molar-refractivity contribution in [3.63, 3.8) is 0 Å². The lowest BCUT2D eigenvalue weighted by molar-refractivity contribution is 0.399. The van der Waals surface area contributed by atoms with Gasteiger partial charge in [0.05, 0.1) is 0 Å². The molecule has 3 heteroatoms. The second-order valence-electron chi connectivity index (χ2n) is 5.48. The SMILES string of the molecule is CC(C)CC(C)(C)c1ccc(B(O)O)cc1. The maximum Gasteiger partial charge on any atom is 0.488 e. The molecule has 1 aromatic carbocycles. The van der Waals surface area contributed by atoms with Crippen LogP contribution in [0.2, 0.25) is 0 Å². The molecule has 88 valence electrons. The van der Waals surface area contributed by atoms with Gasteiger partial charge in [-0.15, -0.1) is 0 Å². The monoisotopic (exact) mass is 220 g/mol. The third-order valence-corrected chi connectivity index (χ3v) is 2.91. The van der Waals surface area contributed by atoms with Crippen LogP contribution >= 0.6 is 0 Å². The van der Waals surface area contributed by atoms with Crippen LogP contribution < -0.4 is 5.46 Å². The van der Waals surface area contributed by atoms with Crippen LogP contribution in [-0.4, -0.2) is 17.2 Å². The average molecular weight is 220 g/mol. The summed E-state index contributed by atoms with van der Waals surface area (Å²) in [4.78, 5) is 0. The smallest absolute Gasteiger partial charge is 0.423 e. The standard InChI is InChI=1S/C13H21BO2/c1-10(2)9-13(3,4)11-5-7-12(8-6-11)14(15)16/h5-8,10,15-16H,9H2,1-4H3. The van der Waals surface area contributed by atoms with Gasteiger partial charge in [0.25, 0.3) is 0 Å². The van der Waals surface area contributed by atoms with E-state index in [2.05, 4.69) is 27.7 Å². The van der Waals surface area contributed by atoms with Crippen molar-refractivity contribution in [2.24, 2.45) is 5.92 Å². The van der Waals surface area contributed by atoms with E-state index in [-0.39, 0.29) is 5.41 Å². The molecule has 0 amide bonds. The molecular weight excluding hydrogens is 199 g/mol. The normalized spacial score (nSPS) is 11.9. The fourth-order valence-electron chi connectivity index (χ4n) is 2.24. The van der Waals surface area contributed by atoms with Crippen molar-refractivity contribution in [3.05, 3.63) is 29.8 Å². The highest BCUT2D eigenvalue weighted by Gasteiger charge is 2.22. The van der Waals surface area contributed by atoms with Gasteiger partial charge in [0.2, 0.25) is 0 Å². The maximum absolute atomic E-state index is 9.02. The Morgan fingerprint density at radius 2 is 1.62 bits per heavy atom. The van der Waals surface area contributed by atoms with Gasteiger partial charge >= 0.3 is 7.12 Å². The molecule has 2 nitrogen and oxygen atoms in total. The molecule has 0 aromatic heterocycles. The molecule has 2 N–H and O–H groups in total. The summed E-state index contributed by atoms with van der Waals surface area (Å²) < 4.78 is 0. The van der Waals surface area contributed by atoms with E-state index in [1.165, 1.54) is 5.56 Å². The third-order valence-electron chi connectivity index (χ3n) is 2.91. The van der Waals surface area contributed by atoms with Crippen LogP contribution in [0.1, 0.15) is 39.7 Å². The van der Waals surface area contributed by atoms with Crippen molar-refractivity contribution in [2.45, 2.75) is 39.5 Å². The topological polar surface area (TPSA) is 40.5 Å². The minimum atomic E-state index is -1.37. The van der Waals surface area contributed by atoms with Crippen molar-refractivity contribution in [1.82, 2.24) is 0 Å². The molecule has 1 rings (SSSR count). The van der Waals surface area contributed by atoms with E-state index in [0.717, 1.165) is 6.42 Å². The van der Waals surface area contributed by atoms with Gasteiger partial charge in [-0.1, -0.05) is 52.0 Å². The molecule has 0 saturated carbocycles. The highest BCUT2D eigenvalue weighted by atomic mass is 16.4. The molecule has 0 radical (unpaired) electrons. The Labute approximate surface area is 98.5 Å². The zero-order valence-electron chi connectivity index (χ0n) is 10.6. The van der Waals surface area contributed by atoms with Gasteiger partial charge in [0.1, 0.15) is 0 Å². The molecule has 0 aliphatic heterocycles. The first-order valence-electron chi connectivity index (χ1n) is 5.79. The lowest BCUT2D eigenvalue weighted by Crippen LogP contribution is -2.30. The molecule has 1 aromatic rings. The van der Waals surface area contributed by atoms with Crippen LogP contribution in [0, 0.1) is 5.92 Å². The zero-order valence-corrected chi connectivity index (χ0v) is 10.6. The van der Waals surface area contributed by atoms with Crippen molar-refractivity contribution in [3.8, 4) is 0 Å². The minimum absolute atomic E-state index is 0.132. The molecule has 0 aliphatic rings. The quantitative estimate of drug-likeness (QED) is 0.758. The molecule has 0 bridgehead atoms. The summed E-state index contributed by atoms with van der Waals surface area (Å²) in [6.45, 7) is 8.87. The molecular formula is C13H21BO2. The van der Waals surface area contributed by atoms with Crippen LogP contribution in [0.3, 0.4) is 0 Å². The first-order valence-corrected chi connectivity index (χ1v) is 5.79. The maximum atomic E-state index is 9.02. The largest absolute Gasteiger partial charge is 0.488 e. The number of benzene rings is 1. The number of hydrogen-bond acceptors (Lipinski definition) is 2. The van der Waals surface area contributed by atoms with E-state index in [1.807, 2.05) is 12.1 Å². The summed E-state index contributed by atoms with van der Waals surface area (Å²) >= 11 is 0. The van der Waals surface area contributed by atoms with Gasteiger partial charge in [-0.05, 0) is 28.8 Å². The summed E-state index contributed by atoms with van der Waals surface area (Å²) in [6, 6.07) is 7.53. The van der Waals surface area contributed by atoms with Gasteiger partial charge < -0.3 is 10.0 Å². The van der Waals surface area contributed by atoms with Crippen molar-refractivity contribution in [1.29, 1.82) is 0 Å². The predicted octanol–water partition coefficient (Wildman–Crippen LogP) is 1.69. The van der Waals surface area contributed by atoms with Crippen LogP contribution in [0.5, 0.6) is 0 Å². The molecule has 0 fully saturated rings. The van der Waals surface area contributed by atoms with Gasteiger partial charge in [-0.2, -0.15) is 0 Å². The Balaban J connectivity index is 2.88. The Kier molecular flexibility index (Phi) is 4.17. The van der Waals surface area contributed by atoms with Gasteiger partial charge in [0, 0.05) is 0 Å². The first-order chi connectivity index (χ1) is 7.33. The molecule has 16 heavy (non-hydrogen) atoms. The van der Waals surface area contributed by atoms with Crippen LogP contribution in [0.15, 0.2) is 24.3 Å². The Bertz CT molecular complexity index is 328. The van der Waals surface area contributed by atoms with E-state index < -0.39 is 7.12 Å². The lowest BCUT2D eigenvalue weighted by Gasteiger charge is -2.27. The van der Waals surface area contributed by atoms with E-state index in [9.17, 15) is 0 Å². The van der Waals surface area contributed by atoms with Crippen molar-refractivity contribution < 1.29 is 10.0 Å². The summed E-state index contributed by atoms with van der Waals surface area (Å²) in [7, 11) is -1.37. The lowest BCUT2D eigenvalue weighted by atomic mass is 9.75. The summed E-state index contributed by atoms with van der Waals surface area (Å²) in [5.74, 6) is 0.651. The van der Waals surface area contributed by atoms with E-state index in [0.29, 0.717) is 11.4 Å². The molecule has 0 heterocycles. The third kappa shape index (κ3) is 3.36.